The molecule has 31 heavy (non-hydrogen) atoms. The average Bonchev–Trinajstić information content (AvgIpc) is 2.81. The van der Waals surface area contributed by atoms with E-state index in [9.17, 15) is 0 Å². The van der Waals surface area contributed by atoms with E-state index in [4.69, 9.17) is 23.7 Å². The third-order valence-corrected chi connectivity index (χ3v) is 5.53. The van der Waals surface area contributed by atoms with Crippen molar-refractivity contribution < 1.29 is 23.7 Å². The maximum absolute atomic E-state index is 5.75. The first-order chi connectivity index (χ1) is 15.4. The molecule has 0 aromatic heterocycles. The van der Waals surface area contributed by atoms with Gasteiger partial charge in [-0.3, -0.25) is 0 Å². The lowest BCUT2D eigenvalue weighted by molar-refractivity contribution is -0.169. The van der Waals surface area contributed by atoms with Crippen LogP contribution < -0.4 is 4.74 Å². The van der Waals surface area contributed by atoms with E-state index in [0.29, 0.717) is 39.6 Å². The first-order valence-corrected chi connectivity index (χ1v) is 12.5. The number of ether oxygens (including phenoxy) is 5. The molecule has 0 aliphatic carbocycles. The standard InChI is InChI=1S/C26H44O5/c1-2-3-4-5-6-7-8-11-24-13-15-25(16-14-24)29-22-20-27-18-19-28-21-23-31-26-12-9-10-17-30-26/h13-16,26H,2-12,17-23H2,1H3. The molecule has 1 fully saturated rings. The van der Waals surface area contributed by atoms with Gasteiger partial charge in [-0.05, 0) is 49.8 Å². The smallest absolute Gasteiger partial charge is 0.157 e. The zero-order valence-corrected chi connectivity index (χ0v) is 19.7. The second-order valence-electron chi connectivity index (χ2n) is 8.26. The van der Waals surface area contributed by atoms with Gasteiger partial charge in [0.2, 0.25) is 0 Å². The fraction of sp³-hybridized carbons (Fsp3) is 0.769. The molecule has 1 aromatic rings. The summed E-state index contributed by atoms with van der Waals surface area (Å²) in [6.07, 6.45) is 13.9. The van der Waals surface area contributed by atoms with Crippen molar-refractivity contribution in [3.63, 3.8) is 0 Å². The van der Waals surface area contributed by atoms with Gasteiger partial charge in [0, 0.05) is 6.61 Å². The quantitative estimate of drug-likeness (QED) is 0.251. The lowest BCUT2D eigenvalue weighted by Crippen LogP contribution is -2.24. The van der Waals surface area contributed by atoms with E-state index in [1.165, 1.54) is 56.9 Å². The Morgan fingerprint density at radius 2 is 1.45 bits per heavy atom. The van der Waals surface area contributed by atoms with Crippen LogP contribution in [0.4, 0.5) is 0 Å². The van der Waals surface area contributed by atoms with Crippen molar-refractivity contribution in [2.24, 2.45) is 0 Å². The lowest BCUT2D eigenvalue weighted by atomic mass is 10.0. The van der Waals surface area contributed by atoms with Gasteiger partial charge in [0.1, 0.15) is 12.4 Å². The van der Waals surface area contributed by atoms with E-state index in [1.807, 2.05) is 0 Å². The van der Waals surface area contributed by atoms with Crippen LogP contribution in [0.5, 0.6) is 5.75 Å². The van der Waals surface area contributed by atoms with Crippen molar-refractivity contribution in [1.29, 1.82) is 0 Å². The summed E-state index contributed by atoms with van der Waals surface area (Å²) in [6.45, 7) is 6.49. The highest BCUT2D eigenvalue weighted by atomic mass is 16.7. The van der Waals surface area contributed by atoms with Gasteiger partial charge in [-0.2, -0.15) is 0 Å². The Balaban J connectivity index is 1.36. The van der Waals surface area contributed by atoms with Gasteiger partial charge in [0.15, 0.2) is 6.29 Å². The van der Waals surface area contributed by atoms with Gasteiger partial charge in [-0.1, -0.05) is 57.6 Å². The van der Waals surface area contributed by atoms with E-state index in [2.05, 4.69) is 31.2 Å². The Bertz CT molecular complexity index is 513. The van der Waals surface area contributed by atoms with Crippen LogP contribution in [-0.4, -0.2) is 52.5 Å². The van der Waals surface area contributed by atoms with Crippen LogP contribution in [0, 0.1) is 0 Å². The van der Waals surface area contributed by atoms with Crippen LogP contribution in [0.1, 0.15) is 76.7 Å². The minimum atomic E-state index is -0.0415. The highest BCUT2D eigenvalue weighted by Crippen LogP contribution is 2.15. The number of unbranched alkanes of at least 4 members (excludes halogenated alkanes) is 6. The van der Waals surface area contributed by atoms with Crippen molar-refractivity contribution in [1.82, 2.24) is 0 Å². The lowest BCUT2D eigenvalue weighted by Gasteiger charge is -2.22. The highest BCUT2D eigenvalue weighted by molar-refractivity contribution is 5.27. The van der Waals surface area contributed by atoms with Crippen molar-refractivity contribution in [2.45, 2.75) is 83.8 Å². The molecule has 1 heterocycles. The van der Waals surface area contributed by atoms with Crippen LogP contribution in [0.25, 0.3) is 0 Å². The first-order valence-electron chi connectivity index (χ1n) is 12.5. The Hall–Kier alpha value is -1.14. The van der Waals surface area contributed by atoms with E-state index in [1.54, 1.807) is 0 Å². The van der Waals surface area contributed by atoms with Gasteiger partial charge in [0.05, 0.1) is 33.0 Å². The van der Waals surface area contributed by atoms with E-state index < -0.39 is 0 Å². The molecular formula is C26H44O5. The molecule has 1 aromatic carbocycles. The predicted octanol–water partition coefficient (Wildman–Crippen LogP) is 5.93. The number of benzene rings is 1. The summed E-state index contributed by atoms with van der Waals surface area (Å²) in [7, 11) is 0. The normalized spacial score (nSPS) is 16.5. The van der Waals surface area contributed by atoms with Gasteiger partial charge >= 0.3 is 0 Å². The Morgan fingerprint density at radius 3 is 2.16 bits per heavy atom. The monoisotopic (exact) mass is 436 g/mol. The first kappa shape index (κ1) is 26.1. The molecule has 1 atom stereocenters. The molecule has 0 N–H and O–H groups in total. The molecule has 0 bridgehead atoms. The van der Waals surface area contributed by atoms with Gasteiger partial charge < -0.3 is 23.7 Å². The highest BCUT2D eigenvalue weighted by Gasteiger charge is 2.13. The topological polar surface area (TPSA) is 46.2 Å². The maximum atomic E-state index is 5.75. The molecule has 1 aliphatic heterocycles. The van der Waals surface area contributed by atoms with Crippen LogP contribution >= 0.6 is 0 Å². The Morgan fingerprint density at radius 1 is 0.774 bits per heavy atom. The van der Waals surface area contributed by atoms with Crippen molar-refractivity contribution in [3.8, 4) is 5.75 Å². The summed E-state index contributed by atoms with van der Waals surface area (Å²) >= 11 is 0. The molecule has 1 unspecified atom stereocenters. The fourth-order valence-corrected chi connectivity index (χ4v) is 3.66. The summed E-state index contributed by atoms with van der Waals surface area (Å²) in [5.41, 5.74) is 1.40. The summed E-state index contributed by atoms with van der Waals surface area (Å²) in [5.74, 6) is 0.908. The molecule has 0 saturated carbocycles. The van der Waals surface area contributed by atoms with Crippen molar-refractivity contribution in [2.75, 3.05) is 46.2 Å². The molecular weight excluding hydrogens is 392 g/mol. The van der Waals surface area contributed by atoms with Crippen LogP contribution in [0.2, 0.25) is 0 Å². The third-order valence-electron chi connectivity index (χ3n) is 5.53. The van der Waals surface area contributed by atoms with Crippen molar-refractivity contribution in [3.05, 3.63) is 29.8 Å². The van der Waals surface area contributed by atoms with Gasteiger partial charge in [-0.15, -0.1) is 0 Å². The minimum Gasteiger partial charge on any atom is -0.491 e. The van der Waals surface area contributed by atoms with Crippen molar-refractivity contribution >= 4 is 0 Å². The largest absolute Gasteiger partial charge is 0.491 e. The van der Waals surface area contributed by atoms with Crippen LogP contribution in [0.15, 0.2) is 24.3 Å². The number of hydrogen-bond donors (Lipinski definition) is 0. The zero-order chi connectivity index (χ0) is 21.8. The second kappa shape index (κ2) is 18.4. The second-order valence-corrected chi connectivity index (χ2v) is 8.26. The molecule has 1 saturated heterocycles. The zero-order valence-electron chi connectivity index (χ0n) is 19.7. The summed E-state index contributed by atoms with van der Waals surface area (Å²) in [4.78, 5) is 0. The number of hydrogen-bond acceptors (Lipinski definition) is 5. The molecule has 178 valence electrons. The van der Waals surface area contributed by atoms with Gasteiger partial charge in [0.25, 0.3) is 0 Å². The number of aryl methyl sites for hydroxylation is 1. The SMILES string of the molecule is CCCCCCCCCc1ccc(OCCOCCOCCOC2CCCCO2)cc1. The van der Waals surface area contributed by atoms with E-state index in [-0.39, 0.29) is 6.29 Å². The van der Waals surface area contributed by atoms with E-state index in [0.717, 1.165) is 31.6 Å². The summed E-state index contributed by atoms with van der Waals surface area (Å²) in [5, 5.41) is 0. The van der Waals surface area contributed by atoms with Crippen LogP contribution in [-0.2, 0) is 25.4 Å². The minimum absolute atomic E-state index is 0.0415. The summed E-state index contributed by atoms with van der Waals surface area (Å²) < 4.78 is 28.0. The predicted molar refractivity (Wildman–Crippen MR) is 125 cm³/mol. The number of rotatable bonds is 19. The molecule has 0 radical (unpaired) electrons. The molecule has 5 nitrogen and oxygen atoms in total. The third kappa shape index (κ3) is 13.8. The molecule has 2 rings (SSSR count). The Kier molecular flexibility index (Phi) is 15.5. The summed E-state index contributed by atoms with van der Waals surface area (Å²) in [6, 6.07) is 8.49. The molecule has 5 heteroatoms. The van der Waals surface area contributed by atoms with Gasteiger partial charge in [-0.25, -0.2) is 0 Å². The molecule has 0 amide bonds. The van der Waals surface area contributed by atoms with E-state index >= 15 is 0 Å². The molecule has 1 aliphatic rings. The molecule has 0 spiro atoms. The van der Waals surface area contributed by atoms with Crippen LogP contribution in [0.3, 0.4) is 0 Å². The maximum Gasteiger partial charge on any atom is 0.157 e. The fourth-order valence-electron chi connectivity index (χ4n) is 3.66. The Labute approximate surface area is 189 Å². The average molecular weight is 437 g/mol.